The smallest absolute Gasteiger partial charge is 0.130 e. The Morgan fingerprint density at radius 1 is 1.50 bits per heavy atom. The van der Waals surface area contributed by atoms with Gasteiger partial charge in [0.05, 0.1) is 11.8 Å². The van der Waals surface area contributed by atoms with Crippen molar-refractivity contribution in [3.05, 3.63) is 16.4 Å². The monoisotopic (exact) mass is 299 g/mol. The van der Waals surface area contributed by atoms with Gasteiger partial charge in [-0.1, -0.05) is 11.6 Å². The molecule has 4 nitrogen and oxygen atoms in total. The van der Waals surface area contributed by atoms with Crippen molar-refractivity contribution in [2.45, 2.75) is 57.6 Å². The van der Waals surface area contributed by atoms with E-state index in [1.54, 1.807) is 4.68 Å². The van der Waals surface area contributed by atoms with Crippen LogP contribution in [0.1, 0.15) is 43.4 Å². The van der Waals surface area contributed by atoms with Gasteiger partial charge in [-0.05, 0) is 52.5 Å². The van der Waals surface area contributed by atoms with Gasteiger partial charge in [-0.25, -0.2) is 0 Å². The van der Waals surface area contributed by atoms with Crippen LogP contribution < -0.4 is 5.32 Å². The molecule has 1 aromatic heterocycles. The molecular weight excluding hydrogens is 274 g/mol. The van der Waals surface area contributed by atoms with E-state index < -0.39 is 0 Å². The lowest BCUT2D eigenvalue weighted by atomic mass is 9.98. The number of nitrogens with zero attached hydrogens (tertiary/aromatic N) is 2. The fourth-order valence-electron chi connectivity index (χ4n) is 2.92. The maximum absolute atomic E-state index is 6.31. The van der Waals surface area contributed by atoms with Crippen LogP contribution in [0.5, 0.6) is 0 Å². The highest BCUT2D eigenvalue weighted by molar-refractivity contribution is 6.30. The molecule has 0 radical (unpaired) electrons. The van der Waals surface area contributed by atoms with Crippen molar-refractivity contribution in [3.8, 4) is 0 Å². The van der Waals surface area contributed by atoms with Gasteiger partial charge in [0, 0.05) is 25.3 Å². The van der Waals surface area contributed by atoms with Gasteiger partial charge >= 0.3 is 0 Å². The molecular formula is C15H26ClN3O. The molecule has 2 atom stereocenters. The molecule has 0 amide bonds. The molecule has 1 aromatic rings. The van der Waals surface area contributed by atoms with Crippen LogP contribution in [0, 0.1) is 6.92 Å². The summed E-state index contributed by atoms with van der Waals surface area (Å²) in [5, 5.41) is 8.54. The first kappa shape index (κ1) is 15.8. The Morgan fingerprint density at radius 3 is 2.85 bits per heavy atom. The lowest BCUT2D eigenvalue weighted by Crippen LogP contribution is -2.30. The molecule has 5 heteroatoms. The van der Waals surface area contributed by atoms with E-state index in [4.69, 9.17) is 16.3 Å². The quantitative estimate of drug-likeness (QED) is 0.878. The number of aryl methyl sites for hydroxylation is 2. The summed E-state index contributed by atoms with van der Waals surface area (Å²) in [5.41, 5.74) is 2.20. The Balaban J connectivity index is 1.88. The van der Waals surface area contributed by atoms with Crippen molar-refractivity contribution < 1.29 is 4.74 Å². The normalized spacial score (nSPS) is 21.1. The summed E-state index contributed by atoms with van der Waals surface area (Å²) in [7, 11) is 3.91. The molecule has 1 N–H and O–H groups in total. The van der Waals surface area contributed by atoms with Crippen molar-refractivity contribution in [2.75, 3.05) is 13.7 Å². The third-order valence-corrected chi connectivity index (χ3v) is 4.71. The minimum Gasteiger partial charge on any atom is -0.378 e. The van der Waals surface area contributed by atoms with Crippen LogP contribution in [-0.2, 0) is 18.2 Å². The van der Waals surface area contributed by atoms with Gasteiger partial charge in [-0.15, -0.1) is 0 Å². The highest BCUT2D eigenvalue weighted by Crippen LogP contribution is 2.23. The number of likely N-dealkylation sites (N-methyl/N-ethyl adjacent to an activating group) is 1. The summed E-state index contributed by atoms with van der Waals surface area (Å²) in [6, 6.07) is 0.431. The van der Waals surface area contributed by atoms with Gasteiger partial charge in [-0.2, -0.15) is 5.10 Å². The zero-order chi connectivity index (χ0) is 14.5. The molecule has 2 heterocycles. The van der Waals surface area contributed by atoms with Gasteiger partial charge in [0.25, 0.3) is 0 Å². The van der Waals surface area contributed by atoms with E-state index in [2.05, 4.69) is 10.4 Å². The number of aromatic nitrogens is 2. The van der Waals surface area contributed by atoms with E-state index >= 15 is 0 Å². The van der Waals surface area contributed by atoms with Gasteiger partial charge in [-0.3, -0.25) is 4.68 Å². The van der Waals surface area contributed by atoms with Crippen LogP contribution in [0.2, 0.25) is 5.15 Å². The first-order valence-electron chi connectivity index (χ1n) is 7.58. The van der Waals surface area contributed by atoms with E-state index in [1.807, 2.05) is 21.0 Å². The second kappa shape index (κ2) is 7.43. The van der Waals surface area contributed by atoms with Gasteiger partial charge < -0.3 is 10.1 Å². The predicted octanol–water partition coefficient (Wildman–Crippen LogP) is 2.86. The van der Waals surface area contributed by atoms with E-state index in [-0.39, 0.29) is 0 Å². The molecule has 0 aliphatic carbocycles. The molecule has 0 bridgehead atoms. The molecule has 0 aromatic carbocycles. The number of nitrogens with one attached hydrogen (secondary N) is 1. The zero-order valence-corrected chi connectivity index (χ0v) is 13.5. The summed E-state index contributed by atoms with van der Waals surface area (Å²) in [6.07, 6.45) is 7.36. The van der Waals surface area contributed by atoms with E-state index in [1.165, 1.54) is 19.3 Å². The number of rotatable bonds is 6. The maximum atomic E-state index is 6.31. The standard InChI is InChI=1S/C15H26ClN3O/c1-11-14(15(16)19(3)18-11)10-12(17-2)7-8-13-6-4-5-9-20-13/h12-13,17H,4-10H2,1-3H3. The third kappa shape index (κ3) is 3.96. The lowest BCUT2D eigenvalue weighted by molar-refractivity contribution is 0.00870. The second-order valence-corrected chi connectivity index (χ2v) is 6.09. The van der Waals surface area contributed by atoms with Crippen LogP contribution in [0.4, 0.5) is 0 Å². The second-order valence-electron chi connectivity index (χ2n) is 5.73. The van der Waals surface area contributed by atoms with Gasteiger partial charge in [0.2, 0.25) is 0 Å². The molecule has 2 rings (SSSR count). The summed E-state index contributed by atoms with van der Waals surface area (Å²) >= 11 is 6.31. The Morgan fingerprint density at radius 2 is 2.30 bits per heavy atom. The largest absolute Gasteiger partial charge is 0.378 e. The topological polar surface area (TPSA) is 39.1 Å². The van der Waals surface area contributed by atoms with Crippen LogP contribution in [0.15, 0.2) is 0 Å². The van der Waals surface area contributed by atoms with Crippen LogP contribution in [0.3, 0.4) is 0 Å². The lowest BCUT2D eigenvalue weighted by Gasteiger charge is -2.24. The molecule has 1 aliphatic heterocycles. The molecule has 0 saturated carbocycles. The minimum absolute atomic E-state index is 0.431. The summed E-state index contributed by atoms with van der Waals surface area (Å²) in [4.78, 5) is 0. The van der Waals surface area contributed by atoms with Crippen molar-refractivity contribution >= 4 is 11.6 Å². The Labute approximate surface area is 126 Å². The first-order valence-corrected chi connectivity index (χ1v) is 7.96. The van der Waals surface area contributed by atoms with Crippen LogP contribution in [-0.4, -0.2) is 35.6 Å². The maximum Gasteiger partial charge on any atom is 0.130 e. The van der Waals surface area contributed by atoms with Crippen LogP contribution in [0.25, 0.3) is 0 Å². The van der Waals surface area contributed by atoms with Crippen molar-refractivity contribution in [1.82, 2.24) is 15.1 Å². The third-order valence-electron chi connectivity index (χ3n) is 4.24. The average molecular weight is 300 g/mol. The predicted molar refractivity (Wildman–Crippen MR) is 82.3 cm³/mol. The summed E-state index contributed by atoms with van der Waals surface area (Å²) in [6.45, 7) is 2.96. The van der Waals surface area contributed by atoms with E-state index in [0.29, 0.717) is 12.1 Å². The molecule has 0 spiro atoms. The van der Waals surface area contributed by atoms with Crippen molar-refractivity contribution in [3.63, 3.8) is 0 Å². The van der Waals surface area contributed by atoms with Gasteiger partial charge in [0.1, 0.15) is 5.15 Å². The number of halogens is 1. The summed E-state index contributed by atoms with van der Waals surface area (Å²) in [5.74, 6) is 0. The number of hydrogen-bond acceptors (Lipinski definition) is 3. The SMILES string of the molecule is CNC(CCC1CCCCO1)Cc1c(C)nn(C)c1Cl. The Bertz CT molecular complexity index is 427. The number of hydrogen-bond donors (Lipinski definition) is 1. The van der Waals surface area contributed by atoms with Crippen molar-refractivity contribution in [1.29, 1.82) is 0 Å². The molecule has 1 saturated heterocycles. The van der Waals surface area contributed by atoms with Gasteiger partial charge in [0.15, 0.2) is 0 Å². The van der Waals surface area contributed by atoms with E-state index in [9.17, 15) is 0 Å². The molecule has 1 aliphatic rings. The minimum atomic E-state index is 0.431. The molecule has 1 fully saturated rings. The Hall–Kier alpha value is -0.580. The zero-order valence-electron chi connectivity index (χ0n) is 12.8. The fraction of sp³-hybridized carbons (Fsp3) is 0.800. The first-order chi connectivity index (χ1) is 9.61. The average Bonchev–Trinajstić information content (AvgIpc) is 2.70. The Kier molecular flexibility index (Phi) is 5.87. The van der Waals surface area contributed by atoms with Crippen molar-refractivity contribution in [2.24, 2.45) is 7.05 Å². The fourth-order valence-corrected chi connectivity index (χ4v) is 3.17. The summed E-state index contributed by atoms with van der Waals surface area (Å²) < 4.78 is 7.56. The molecule has 114 valence electrons. The van der Waals surface area contributed by atoms with E-state index in [0.717, 1.165) is 42.3 Å². The highest BCUT2D eigenvalue weighted by Gasteiger charge is 2.19. The van der Waals surface area contributed by atoms with Crippen LogP contribution >= 0.6 is 11.6 Å². The highest BCUT2D eigenvalue weighted by atomic mass is 35.5. The number of ether oxygens (including phenoxy) is 1. The molecule has 20 heavy (non-hydrogen) atoms. The molecule has 2 unspecified atom stereocenters.